The van der Waals surface area contributed by atoms with Crippen molar-refractivity contribution >= 4 is 5.91 Å². The van der Waals surface area contributed by atoms with E-state index < -0.39 is 0 Å². The average Bonchev–Trinajstić information content (AvgIpc) is 2.53. The van der Waals surface area contributed by atoms with Crippen LogP contribution in [0.3, 0.4) is 0 Å². The fourth-order valence-corrected chi connectivity index (χ4v) is 0.710. The summed E-state index contributed by atoms with van der Waals surface area (Å²) in [5.74, 6) is 0.147. The predicted octanol–water partition coefficient (Wildman–Crippen LogP) is 0.285. The normalized spacial score (nSPS) is 10.3. The van der Waals surface area contributed by atoms with Gasteiger partial charge in [0.05, 0.1) is 0 Å². The number of rotatable bonds is 2. The van der Waals surface area contributed by atoms with E-state index in [9.17, 15) is 4.79 Å². The van der Waals surface area contributed by atoms with Gasteiger partial charge in [-0.25, -0.2) is 4.98 Å². The lowest BCUT2D eigenvalue weighted by atomic mass is 10.3. The van der Waals surface area contributed by atoms with Gasteiger partial charge in [0, 0.05) is 13.1 Å². The van der Waals surface area contributed by atoms with Gasteiger partial charge >= 0.3 is 0 Å². The van der Waals surface area contributed by atoms with Crippen LogP contribution in [0.1, 0.15) is 24.5 Å². The molecule has 0 atom stereocenters. The summed E-state index contributed by atoms with van der Waals surface area (Å²) in [6.07, 6.45) is 1.32. The van der Waals surface area contributed by atoms with Crippen LogP contribution in [-0.2, 0) is 0 Å². The number of carbonyl (C=O) groups excluding carboxylic acids is 1. The molecule has 0 fully saturated rings. The first-order chi connectivity index (χ1) is 5.63. The van der Waals surface area contributed by atoms with E-state index in [1.165, 1.54) is 6.33 Å². The van der Waals surface area contributed by atoms with Gasteiger partial charge in [-0.3, -0.25) is 9.89 Å². The molecule has 0 bridgehead atoms. The van der Waals surface area contributed by atoms with E-state index in [0.29, 0.717) is 0 Å². The van der Waals surface area contributed by atoms with E-state index in [1.807, 2.05) is 13.8 Å². The van der Waals surface area contributed by atoms with Gasteiger partial charge in [-0.2, -0.15) is 5.10 Å². The standard InChI is InChI=1S/C7H12N4O/c1-5(2)11(3)7(12)6-8-4-9-10-6/h4-5H,1-3H3,(H,8,9,10). The molecule has 0 aliphatic carbocycles. The van der Waals surface area contributed by atoms with Crippen molar-refractivity contribution in [2.75, 3.05) is 7.05 Å². The van der Waals surface area contributed by atoms with Crippen LogP contribution >= 0.6 is 0 Å². The van der Waals surface area contributed by atoms with Crippen molar-refractivity contribution in [2.45, 2.75) is 19.9 Å². The van der Waals surface area contributed by atoms with Crippen molar-refractivity contribution in [3.05, 3.63) is 12.2 Å². The van der Waals surface area contributed by atoms with Crippen molar-refractivity contribution in [3.8, 4) is 0 Å². The fraction of sp³-hybridized carbons (Fsp3) is 0.571. The molecule has 66 valence electrons. The lowest BCUT2D eigenvalue weighted by Gasteiger charge is -2.19. The van der Waals surface area contributed by atoms with E-state index >= 15 is 0 Å². The van der Waals surface area contributed by atoms with Crippen LogP contribution in [0.4, 0.5) is 0 Å². The van der Waals surface area contributed by atoms with Gasteiger partial charge in [0.2, 0.25) is 5.82 Å². The zero-order valence-corrected chi connectivity index (χ0v) is 7.40. The number of hydrogen-bond donors (Lipinski definition) is 1. The molecule has 0 unspecified atom stereocenters. The van der Waals surface area contributed by atoms with Crippen LogP contribution in [0.25, 0.3) is 0 Å². The Morgan fingerprint density at radius 2 is 2.33 bits per heavy atom. The molecule has 0 saturated heterocycles. The average molecular weight is 168 g/mol. The summed E-state index contributed by atoms with van der Waals surface area (Å²) in [4.78, 5) is 16.8. The van der Waals surface area contributed by atoms with Gasteiger partial charge in [-0.05, 0) is 13.8 Å². The van der Waals surface area contributed by atoms with Gasteiger partial charge in [-0.1, -0.05) is 0 Å². The maximum atomic E-state index is 11.4. The van der Waals surface area contributed by atoms with Crippen LogP contribution in [0.15, 0.2) is 6.33 Å². The third-order valence-corrected chi connectivity index (χ3v) is 1.71. The Bertz CT molecular complexity index is 254. The number of aromatic amines is 1. The molecular formula is C7H12N4O. The lowest BCUT2D eigenvalue weighted by Crippen LogP contribution is -2.33. The molecule has 1 N–H and O–H groups in total. The molecule has 0 aliphatic rings. The van der Waals surface area contributed by atoms with Gasteiger partial charge in [0.1, 0.15) is 6.33 Å². The van der Waals surface area contributed by atoms with Crippen molar-refractivity contribution in [1.29, 1.82) is 0 Å². The summed E-state index contributed by atoms with van der Waals surface area (Å²) >= 11 is 0. The van der Waals surface area contributed by atoms with Crippen LogP contribution in [0.5, 0.6) is 0 Å². The number of nitrogens with one attached hydrogen (secondary N) is 1. The zero-order valence-electron chi connectivity index (χ0n) is 7.40. The van der Waals surface area contributed by atoms with Crippen LogP contribution in [-0.4, -0.2) is 39.1 Å². The van der Waals surface area contributed by atoms with Crippen LogP contribution < -0.4 is 0 Å². The van der Waals surface area contributed by atoms with Gasteiger partial charge in [-0.15, -0.1) is 0 Å². The van der Waals surface area contributed by atoms with Crippen molar-refractivity contribution in [3.63, 3.8) is 0 Å². The molecule has 1 amide bonds. The van der Waals surface area contributed by atoms with Gasteiger partial charge in [0.25, 0.3) is 5.91 Å². The number of hydrogen-bond acceptors (Lipinski definition) is 3. The number of carbonyl (C=O) groups is 1. The number of amides is 1. The van der Waals surface area contributed by atoms with Crippen molar-refractivity contribution < 1.29 is 4.79 Å². The maximum Gasteiger partial charge on any atom is 0.291 e. The second-order valence-electron chi connectivity index (χ2n) is 2.84. The van der Waals surface area contributed by atoms with Crippen molar-refractivity contribution in [2.24, 2.45) is 0 Å². The largest absolute Gasteiger partial charge is 0.337 e. The highest BCUT2D eigenvalue weighted by Crippen LogP contribution is 1.99. The first-order valence-electron chi connectivity index (χ1n) is 3.75. The first kappa shape index (κ1) is 8.70. The first-order valence-corrected chi connectivity index (χ1v) is 3.75. The number of nitrogens with zero attached hydrogens (tertiary/aromatic N) is 3. The number of H-pyrrole nitrogens is 1. The minimum Gasteiger partial charge on any atom is -0.337 e. The Kier molecular flexibility index (Phi) is 2.42. The van der Waals surface area contributed by atoms with Gasteiger partial charge in [0.15, 0.2) is 0 Å². The van der Waals surface area contributed by atoms with E-state index in [4.69, 9.17) is 0 Å². The summed E-state index contributed by atoms with van der Waals surface area (Å²) in [6, 6.07) is 0.169. The third kappa shape index (κ3) is 1.61. The molecule has 0 radical (unpaired) electrons. The molecule has 5 heteroatoms. The van der Waals surface area contributed by atoms with E-state index in [2.05, 4.69) is 15.2 Å². The molecule has 5 nitrogen and oxygen atoms in total. The molecule has 1 heterocycles. The van der Waals surface area contributed by atoms with Crippen LogP contribution in [0.2, 0.25) is 0 Å². The molecule has 0 saturated carbocycles. The zero-order chi connectivity index (χ0) is 9.14. The van der Waals surface area contributed by atoms with Crippen LogP contribution in [0, 0.1) is 0 Å². The van der Waals surface area contributed by atoms with E-state index in [-0.39, 0.29) is 17.8 Å². The highest BCUT2D eigenvalue weighted by Gasteiger charge is 2.16. The minimum atomic E-state index is -0.137. The molecule has 12 heavy (non-hydrogen) atoms. The Hall–Kier alpha value is -1.39. The lowest BCUT2D eigenvalue weighted by molar-refractivity contribution is 0.0743. The quantitative estimate of drug-likeness (QED) is 0.690. The Morgan fingerprint density at radius 3 is 2.75 bits per heavy atom. The topological polar surface area (TPSA) is 61.9 Å². The second kappa shape index (κ2) is 3.34. The summed E-state index contributed by atoms with van der Waals surface area (Å²) in [6.45, 7) is 3.88. The van der Waals surface area contributed by atoms with Gasteiger partial charge < -0.3 is 4.90 Å². The summed E-state index contributed by atoms with van der Waals surface area (Å²) in [5, 5.41) is 6.12. The number of aromatic nitrogens is 3. The third-order valence-electron chi connectivity index (χ3n) is 1.71. The summed E-state index contributed by atoms with van der Waals surface area (Å²) < 4.78 is 0. The molecule has 0 spiro atoms. The Labute approximate surface area is 70.8 Å². The Balaban J connectivity index is 2.72. The highest BCUT2D eigenvalue weighted by molar-refractivity contribution is 5.90. The summed E-state index contributed by atoms with van der Waals surface area (Å²) in [5.41, 5.74) is 0. The van der Waals surface area contributed by atoms with E-state index in [1.54, 1.807) is 11.9 Å². The Morgan fingerprint density at radius 1 is 1.67 bits per heavy atom. The molecule has 0 aliphatic heterocycles. The monoisotopic (exact) mass is 168 g/mol. The smallest absolute Gasteiger partial charge is 0.291 e. The molecular weight excluding hydrogens is 156 g/mol. The van der Waals surface area contributed by atoms with E-state index in [0.717, 1.165) is 0 Å². The molecule has 1 rings (SSSR count). The molecule has 1 aromatic rings. The predicted molar refractivity (Wildman–Crippen MR) is 43.6 cm³/mol. The summed E-state index contributed by atoms with van der Waals surface area (Å²) in [7, 11) is 1.73. The minimum absolute atomic E-state index is 0.137. The second-order valence-corrected chi connectivity index (χ2v) is 2.84. The molecule has 1 aromatic heterocycles. The highest BCUT2D eigenvalue weighted by atomic mass is 16.2. The maximum absolute atomic E-state index is 11.4. The SMILES string of the molecule is CC(C)N(C)C(=O)c1ncn[nH]1. The fourth-order valence-electron chi connectivity index (χ4n) is 0.710. The van der Waals surface area contributed by atoms with Crippen molar-refractivity contribution in [1.82, 2.24) is 20.1 Å². The molecule has 0 aromatic carbocycles.